The van der Waals surface area contributed by atoms with Crippen molar-refractivity contribution >= 4 is 30.2 Å². The van der Waals surface area contributed by atoms with Crippen molar-refractivity contribution < 1.29 is 69.1 Å². The van der Waals surface area contributed by atoms with Gasteiger partial charge < -0.3 is 17.7 Å². The summed E-state index contributed by atoms with van der Waals surface area (Å²) in [5.74, 6) is 0.0343. The quantitative estimate of drug-likeness (QED) is 0.762. The van der Waals surface area contributed by atoms with Crippen LogP contribution in [0.1, 0.15) is 0 Å². The van der Waals surface area contributed by atoms with E-state index in [1.165, 1.54) is 12.1 Å². The number of hydrogen-bond acceptors (Lipinski definition) is 1. The van der Waals surface area contributed by atoms with Crippen LogP contribution in [0.25, 0.3) is 0 Å². The Morgan fingerprint density at radius 1 is 1.24 bits per heavy atom. The van der Waals surface area contributed by atoms with Crippen LogP contribution in [0.4, 0.5) is 12.9 Å². The van der Waals surface area contributed by atoms with E-state index in [9.17, 15) is 12.9 Å². The number of halogens is 5. The summed E-state index contributed by atoms with van der Waals surface area (Å²) < 4.78 is 41.4. The molecular formula is C9H7BCl2F3KO. The topological polar surface area (TPSA) is 9.23 Å². The summed E-state index contributed by atoms with van der Waals surface area (Å²) in [5.41, 5.74) is -0.934. The van der Waals surface area contributed by atoms with Crippen molar-refractivity contribution in [2.75, 3.05) is 6.61 Å². The Morgan fingerprint density at radius 3 is 2.12 bits per heavy atom. The van der Waals surface area contributed by atoms with Gasteiger partial charge in [-0.15, -0.1) is 12.1 Å². The third-order valence-electron chi connectivity index (χ3n) is 1.78. The minimum Gasteiger partial charge on any atom is -0.489 e. The van der Waals surface area contributed by atoms with Crippen LogP contribution >= 0.6 is 23.2 Å². The average molecular weight is 309 g/mol. The van der Waals surface area contributed by atoms with Crippen molar-refractivity contribution in [1.82, 2.24) is 0 Å². The van der Waals surface area contributed by atoms with E-state index >= 15 is 0 Å². The van der Waals surface area contributed by atoms with Crippen LogP contribution in [0.5, 0.6) is 5.75 Å². The Morgan fingerprint density at radius 2 is 1.71 bits per heavy atom. The van der Waals surface area contributed by atoms with E-state index in [0.29, 0.717) is 0 Å². The van der Waals surface area contributed by atoms with E-state index < -0.39 is 19.1 Å². The summed E-state index contributed by atoms with van der Waals surface area (Å²) >= 11 is 11.4. The average Bonchev–Trinajstić information content (AvgIpc) is 2.15. The predicted octanol–water partition coefficient (Wildman–Crippen LogP) is 1.32. The maximum atomic E-state index is 12.2. The largest absolute Gasteiger partial charge is 1.00 e. The summed E-state index contributed by atoms with van der Waals surface area (Å²) in [4.78, 5) is 0. The zero-order valence-corrected chi connectivity index (χ0v) is 13.7. The molecule has 0 atom stereocenters. The monoisotopic (exact) mass is 308 g/mol. The van der Waals surface area contributed by atoms with Gasteiger partial charge in [-0.25, -0.2) is 0 Å². The molecule has 17 heavy (non-hydrogen) atoms. The van der Waals surface area contributed by atoms with Gasteiger partial charge in [0.15, 0.2) is 5.75 Å². The van der Waals surface area contributed by atoms with Gasteiger partial charge in [0.2, 0.25) is 0 Å². The molecule has 0 unspecified atom stereocenters. The zero-order valence-electron chi connectivity index (χ0n) is 9.02. The van der Waals surface area contributed by atoms with Gasteiger partial charge in [-0.2, -0.15) is 0 Å². The molecule has 0 amide bonds. The fraction of sp³-hybridized carbons (Fsp3) is 0.111. The second-order valence-electron chi connectivity index (χ2n) is 3.07. The van der Waals surface area contributed by atoms with Crippen LogP contribution in [0.15, 0.2) is 30.3 Å². The number of benzene rings is 1. The molecule has 0 radical (unpaired) electrons. The van der Waals surface area contributed by atoms with Gasteiger partial charge in [0.1, 0.15) is 0 Å². The van der Waals surface area contributed by atoms with Gasteiger partial charge in [-0.3, -0.25) is 0 Å². The summed E-state index contributed by atoms with van der Waals surface area (Å²) in [7, 11) is 0. The number of ether oxygens (including phenoxy) is 1. The Kier molecular flexibility index (Phi) is 7.79. The van der Waals surface area contributed by atoms with E-state index in [0.717, 1.165) is 0 Å². The molecule has 0 fully saturated rings. The van der Waals surface area contributed by atoms with Gasteiger partial charge >= 0.3 is 58.4 Å². The molecule has 1 aromatic carbocycles. The van der Waals surface area contributed by atoms with Gasteiger partial charge in [-0.1, -0.05) is 29.3 Å². The molecule has 0 aliphatic heterocycles. The minimum atomic E-state index is -5.10. The molecule has 0 heterocycles. The van der Waals surface area contributed by atoms with Crippen molar-refractivity contribution in [2.45, 2.75) is 0 Å². The molecular weight excluding hydrogens is 302 g/mol. The predicted molar refractivity (Wildman–Crippen MR) is 60.2 cm³/mol. The molecule has 1 aromatic rings. The van der Waals surface area contributed by atoms with Gasteiger partial charge in [-0.05, 0) is 12.1 Å². The standard InChI is InChI=1S/C9H7BCl2F3O.K/c1-6(10(13,14)15)5-16-9-7(11)3-2-4-8(9)12;/h2-4H,1,5H2;/q-1;+1. The third kappa shape index (κ3) is 5.55. The van der Waals surface area contributed by atoms with Crippen molar-refractivity contribution in [3.63, 3.8) is 0 Å². The Hall–Kier alpha value is 0.831. The van der Waals surface area contributed by atoms with Crippen molar-refractivity contribution in [3.8, 4) is 5.75 Å². The summed E-state index contributed by atoms with van der Waals surface area (Å²) in [6, 6.07) is 4.52. The van der Waals surface area contributed by atoms with Crippen molar-refractivity contribution in [3.05, 3.63) is 40.3 Å². The summed E-state index contributed by atoms with van der Waals surface area (Å²) in [6.07, 6.45) is 0. The second-order valence-corrected chi connectivity index (χ2v) is 3.89. The first kappa shape index (κ1) is 17.8. The molecule has 0 N–H and O–H groups in total. The Balaban J connectivity index is 0.00000256. The number of hydrogen-bond donors (Lipinski definition) is 0. The fourth-order valence-corrected chi connectivity index (χ4v) is 1.39. The van der Waals surface area contributed by atoms with Crippen LogP contribution in [-0.4, -0.2) is 13.6 Å². The van der Waals surface area contributed by atoms with Crippen LogP contribution < -0.4 is 56.1 Å². The molecule has 1 nitrogen and oxygen atoms in total. The third-order valence-corrected chi connectivity index (χ3v) is 2.38. The van der Waals surface area contributed by atoms with Crippen LogP contribution in [-0.2, 0) is 0 Å². The molecule has 0 spiro atoms. The molecule has 0 aliphatic carbocycles. The number of rotatable bonds is 4. The van der Waals surface area contributed by atoms with Gasteiger partial charge in [0.05, 0.1) is 16.7 Å². The maximum absolute atomic E-state index is 12.2. The normalized spacial score (nSPS) is 10.6. The molecule has 0 aliphatic rings. The molecule has 0 bridgehead atoms. The molecule has 1 rings (SSSR count). The van der Waals surface area contributed by atoms with E-state index in [1.54, 1.807) is 6.07 Å². The van der Waals surface area contributed by atoms with Crippen LogP contribution in [0, 0.1) is 0 Å². The molecule has 0 saturated carbocycles. The molecule has 88 valence electrons. The Labute approximate surface area is 150 Å². The van der Waals surface area contributed by atoms with Crippen molar-refractivity contribution in [1.29, 1.82) is 0 Å². The SMILES string of the molecule is C=C(COc1c(Cl)cccc1Cl)[B-](F)(F)F.[K+]. The zero-order chi connectivity index (χ0) is 12.3. The first-order chi connectivity index (χ1) is 7.32. The van der Waals surface area contributed by atoms with Crippen LogP contribution in [0.3, 0.4) is 0 Å². The first-order valence-electron chi connectivity index (χ1n) is 4.27. The van der Waals surface area contributed by atoms with E-state index in [-0.39, 0.29) is 67.2 Å². The van der Waals surface area contributed by atoms with E-state index in [2.05, 4.69) is 6.58 Å². The minimum absolute atomic E-state index is 0. The molecule has 0 saturated heterocycles. The van der Waals surface area contributed by atoms with Crippen LogP contribution in [0.2, 0.25) is 10.0 Å². The molecule has 0 aromatic heterocycles. The first-order valence-corrected chi connectivity index (χ1v) is 5.02. The fourth-order valence-electron chi connectivity index (χ4n) is 0.880. The smallest absolute Gasteiger partial charge is 0.489 e. The summed E-state index contributed by atoms with van der Waals surface area (Å²) in [5, 5.41) is 0.324. The maximum Gasteiger partial charge on any atom is 1.00 e. The number of para-hydroxylation sites is 1. The van der Waals surface area contributed by atoms with Gasteiger partial charge in [0, 0.05) is 0 Å². The van der Waals surface area contributed by atoms with Gasteiger partial charge in [0.25, 0.3) is 0 Å². The Bertz CT molecular complexity index is 391. The van der Waals surface area contributed by atoms with E-state index in [1.807, 2.05) is 0 Å². The summed E-state index contributed by atoms with van der Waals surface area (Å²) in [6.45, 7) is -2.88. The van der Waals surface area contributed by atoms with Crippen molar-refractivity contribution in [2.24, 2.45) is 0 Å². The van der Waals surface area contributed by atoms with E-state index in [4.69, 9.17) is 27.9 Å². The second kappa shape index (κ2) is 7.43. The molecule has 8 heteroatoms.